The van der Waals surface area contributed by atoms with Crippen LogP contribution in [0.5, 0.6) is 11.6 Å². The lowest BCUT2D eigenvalue weighted by molar-refractivity contribution is 0.418. The van der Waals surface area contributed by atoms with Gasteiger partial charge in [0.2, 0.25) is 5.88 Å². The molecule has 0 spiro atoms. The lowest BCUT2D eigenvalue weighted by Gasteiger charge is -2.09. The van der Waals surface area contributed by atoms with Gasteiger partial charge in [0.1, 0.15) is 11.6 Å². The zero-order chi connectivity index (χ0) is 14.9. The Labute approximate surface area is 113 Å². The number of nitrogens with two attached hydrogens (primary N) is 1. The third-order valence-corrected chi connectivity index (χ3v) is 2.55. The van der Waals surface area contributed by atoms with Crippen LogP contribution in [0, 0.1) is 11.6 Å². The van der Waals surface area contributed by atoms with Gasteiger partial charge in [0.25, 0.3) is 5.56 Å². The normalized spacial score (nSPS) is 10.8. The Morgan fingerprint density at radius 3 is 2.60 bits per heavy atom. The largest absolute Gasteiger partial charge is 0.436 e. The fourth-order valence-corrected chi connectivity index (χ4v) is 1.51. The van der Waals surface area contributed by atoms with Gasteiger partial charge in [0.15, 0.2) is 11.6 Å². The number of rotatable bonds is 3. The lowest BCUT2D eigenvalue weighted by atomic mass is 10.2. The molecule has 1 aromatic heterocycles. The fraction of sp³-hybridized carbons (Fsp3) is 0.231. The number of hydrogen-bond acceptors (Lipinski definition) is 4. The van der Waals surface area contributed by atoms with E-state index in [-0.39, 0.29) is 23.2 Å². The van der Waals surface area contributed by atoms with E-state index in [9.17, 15) is 13.6 Å². The van der Waals surface area contributed by atoms with Crippen molar-refractivity contribution in [1.29, 1.82) is 0 Å². The van der Waals surface area contributed by atoms with Gasteiger partial charge in [0.05, 0.1) is 11.8 Å². The Bertz CT molecular complexity index is 699. The maximum atomic E-state index is 13.6. The van der Waals surface area contributed by atoms with Crippen molar-refractivity contribution in [3.05, 3.63) is 46.0 Å². The summed E-state index contributed by atoms with van der Waals surface area (Å²) in [5.74, 6) is -1.79. The Kier molecular flexibility index (Phi) is 3.69. The molecule has 0 saturated heterocycles. The highest BCUT2D eigenvalue weighted by atomic mass is 19.1. The molecular formula is C13H13F2N3O2. The van der Waals surface area contributed by atoms with Crippen LogP contribution in [-0.2, 0) is 0 Å². The van der Waals surface area contributed by atoms with E-state index < -0.39 is 17.2 Å². The van der Waals surface area contributed by atoms with Gasteiger partial charge in [-0.1, -0.05) is 13.8 Å². The van der Waals surface area contributed by atoms with E-state index >= 15 is 0 Å². The Morgan fingerprint density at radius 1 is 1.25 bits per heavy atom. The number of ether oxygens (including phenoxy) is 1. The molecule has 3 N–H and O–H groups in total. The molecule has 0 aliphatic rings. The van der Waals surface area contributed by atoms with E-state index in [1.54, 1.807) is 0 Å². The Balaban J connectivity index is 2.40. The van der Waals surface area contributed by atoms with Crippen molar-refractivity contribution < 1.29 is 13.5 Å². The highest BCUT2D eigenvalue weighted by molar-refractivity contribution is 5.45. The lowest BCUT2D eigenvalue weighted by Crippen LogP contribution is -2.12. The topological polar surface area (TPSA) is 81.0 Å². The van der Waals surface area contributed by atoms with Crippen molar-refractivity contribution >= 4 is 5.69 Å². The van der Waals surface area contributed by atoms with Gasteiger partial charge < -0.3 is 15.5 Å². The number of anilines is 1. The smallest absolute Gasteiger partial charge is 0.254 e. The minimum atomic E-state index is -0.836. The number of halogens is 2. The standard InChI is InChI=1S/C13H13F2N3O2/c1-6(2)13-17-11(19)5-12(18-13)20-10-4-7(14)9(16)3-8(10)15/h3-6H,16H2,1-2H3,(H,17,18,19). The fourth-order valence-electron chi connectivity index (χ4n) is 1.51. The number of hydrogen-bond donors (Lipinski definition) is 2. The molecule has 0 aliphatic heterocycles. The first-order valence-electron chi connectivity index (χ1n) is 5.90. The van der Waals surface area contributed by atoms with E-state index in [0.717, 1.165) is 18.2 Å². The number of aromatic amines is 1. The maximum absolute atomic E-state index is 13.6. The van der Waals surface area contributed by atoms with E-state index in [4.69, 9.17) is 10.5 Å². The molecule has 0 saturated carbocycles. The zero-order valence-corrected chi connectivity index (χ0v) is 10.9. The van der Waals surface area contributed by atoms with Crippen molar-refractivity contribution in [3.8, 4) is 11.6 Å². The van der Waals surface area contributed by atoms with Crippen LogP contribution in [0.4, 0.5) is 14.5 Å². The number of benzene rings is 1. The van der Waals surface area contributed by atoms with Crippen LogP contribution in [-0.4, -0.2) is 9.97 Å². The Morgan fingerprint density at radius 2 is 1.95 bits per heavy atom. The van der Waals surface area contributed by atoms with Crippen LogP contribution in [0.25, 0.3) is 0 Å². The van der Waals surface area contributed by atoms with Crippen molar-refractivity contribution in [2.45, 2.75) is 19.8 Å². The third-order valence-electron chi connectivity index (χ3n) is 2.55. The summed E-state index contributed by atoms with van der Waals surface area (Å²) in [6.07, 6.45) is 0. The molecule has 1 heterocycles. The average Bonchev–Trinajstić information content (AvgIpc) is 2.35. The Hall–Kier alpha value is -2.44. The first kappa shape index (κ1) is 14.0. The summed E-state index contributed by atoms with van der Waals surface area (Å²) in [5, 5.41) is 0. The number of aromatic nitrogens is 2. The van der Waals surface area contributed by atoms with Crippen LogP contribution in [0.15, 0.2) is 23.0 Å². The molecule has 2 rings (SSSR count). The second-order valence-corrected chi connectivity index (χ2v) is 4.53. The van der Waals surface area contributed by atoms with Crippen LogP contribution < -0.4 is 16.0 Å². The first-order valence-corrected chi connectivity index (χ1v) is 5.90. The SMILES string of the molecule is CC(C)c1nc(Oc2cc(F)c(N)cc2F)cc(=O)[nH]1. The molecule has 0 atom stereocenters. The molecule has 1 aromatic carbocycles. The van der Waals surface area contributed by atoms with Gasteiger partial charge >= 0.3 is 0 Å². The van der Waals surface area contributed by atoms with Gasteiger partial charge in [-0.2, -0.15) is 4.98 Å². The summed E-state index contributed by atoms with van der Waals surface area (Å²) in [6.45, 7) is 3.65. The number of H-pyrrole nitrogens is 1. The quantitative estimate of drug-likeness (QED) is 0.847. The summed E-state index contributed by atoms with van der Waals surface area (Å²) in [4.78, 5) is 18.0. The van der Waals surface area contributed by atoms with Crippen molar-refractivity contribution in [2.75, 3.05) is 5.73 Å². The van der Waals surface area contributed by atoms with Crippen molar-refractivity contribution in [1.82, 2.24) is 9.97 Å². The molecule has 106 valence electrons. The van der Waals surface area contributed by atoms with Gasteiger partial charge in [0, 0.05) is 18.1 Å². The third kappa shape index (κ3) is 2.93. The second-order valence-electron chi connectivity index (χ2n) is 4.53. The molecular weight excluding hydrogens is 268 g/mol. The van der Waals surface area contributed by atoms with E-state index in [1.165, 1.54) is 0 Å². The minimum absolute atomic E-state index is 0.0424. The summed E-state index contributed by atoms with van der Waals surface area (Å²) < 4.78 is 32.0. The number of nitrogens with one attached hydrogen (secondary N) is 1. The maximum Gasteiger partial charge on any atom is 0.254 e. The van der Waals surface area contributed by atoms with E-state index in [0.29, 0.717) is 5.82 Å². The molecule has 0 bridgehead atoms. The van der Waals surface area contributed by atoms with Crippen LogP contribution in [0.2, 0.25) is 0 Å². The van der Waals surface area contributed by atoms with E-state index in [2.05, 4.69) is 9.97 Å². The monoisotopic (exact) mass is 281 g/mol. The highest BCUT2D eigenvalue weighted by Gasteiger charge is 2.12. The molecule has 0 fully saturated rings. The molecule has 0 unspecified atom stereocenters. The van der Waals surface area contributed by atoms with Crippen LogP contribution in [0.3, 0.4) is 0 Å². The number of nitrogens with zero attached hydrogens (tertiary/aromatic N) is 1. The van der Waals surface area contributed by atoms with E-state index in [1.807, 2.05) is 13.8 Å². The first-order chi connectivity index (χ1) is 9.36. The highest BCUT2D eigenvalue weighted by Crippen LogP contribution is 2.26. The molecule has 0 aliphatic carbocycles. The molecule has 20 heavy (non-hydrogen) atoms. The summed E-state index contributed by atoms with van der Waals surface area (Å²) >= 11 is 0. The van der Waals surface area contributed by atoms with Crippen molar-refractivity contribution in [3.63, 3.8) is 0 Å². The second kappa shape index (κ2) is 5.28. The predicted molar refractivity (Wildman–Crippen MR) is 69.8 cm³/mol. The zero-order valence-electron chi connectivity index (χ0n) is 10.9. The van der Waals surface area contributed by atoms with Gasteiger partial charge in [-0.15, -0.1) is 0 Å². The summed E-state index contributed by atoms with van der Waals surface area (Å²) in [7, 11) is 0. The molecule has 0 radical (unpaired) electrons. The molecule has 0 amide bonds. The van der Waals surface area contributed by atoms with Gasteiger partial charge in [-0.05, 0) is 0 Å². The summed E-state index contributed by atoms with van der Waals surface area (Å²) in [6, 6.07) is 2.67. The summed E-state index contributed by atoms with van der Waals surface area (Å²) in [5.41, 5.74) is 4.47. The molecule has 2 aromatic rings. The molecule has 5 nitrogen and oxygen atoms in total. The van der Waals surface area contributed by atoms with Crippen LogP contribution in [0.1, 0.15) is 25.6 Å². The van der Waals surface area contributed by atoms with Gasteiger partial charge in [-0.25, -0.2) is 8.78 Å². The average molecular weight is 281 g/mol. The predicted octanol–water partition coefficient (Wildman–Crippen LogP) is 2.55. The minimum Gasteiger partial charge on any atom is -0.436 e. The number of nitrogen functional groups attached to an aromatic ring is 1. The van der Waals surface area contributed by atoms with Crippen LogP contribution >= 0.6 is 0 Å². The van der Waals surface area contributed by atoms with Gasteiger partial charge in [-0.3, -0.25) is 4.79 Å². The van der Waals surface area contributed by atoms with Crippen molar-refractivity contribution in [2.24, 2.45) is 0 Å². The molecule has 7 heteroatoms.